The lowest BCUT2D eigenvalue weighted by Gasteiger charge is -2.09. The number of carbonyl (C=O) groups excluding carboxylic acids is 2. The van der Waals surface area contributed by atoms with E-state index in [1.807, 2.05) is 13.0 Å². The second kappa shape index (κ2) is 10.5. The molecule has 2 amide bonds. The summed E-state index contributed by atoms with van der Waals surface area (Å²) in [5, 5.41) is 15.7. The van der Waals surface area contributed by atoms with Crippen molar-refractivity contribution in [2.45, 2.75) is 26.2 Å². The highest BCUT2D eigenvalue weighted by Crippen LogP contribution is 2.24. The van der Waals surface area contributed by atoms with Crippen molar-refractivity contribution in [3.8, 4) is 11.5 Å². The molecule has 1 heterocycles. The largest absolute Gasteiger partial charge is 0.508 e. The standard InChI is InChI=1S/C24H26N2O6/c1-15-19-8-7-18(31-2)14-21(19)32-24(30)20(15)9-10-22(28)25-11-4-12-26-23(29)16-5-3-6-17(27)13-16/h3,5-8,13-14,27H,4,9-12H2,1-2H3,(H,25,28)(H,26,29). The summed E-state index contributed by atoms with van der Waals surface area (Å²) < 4.78 is 10.6. The summed E-state index contributed by atoms with van der Waals surface area (Å²) >= 11 is 0. The van der Waals surface area contributed by atoms with E-state index in [1.54, 1.807) is 31.4 Å². The first-order valence-electron chi connectivity index (χ1n) is 10.3. The normalized spacial score (nSPS) is 10.7. The number of aryl methyl sites for hydroxylation is 1. The predicted octanol–water partition coefficient (Wildman–Crippen LogP) is 2.68. The fourth-order valence-electron chi connectivity index (χ4n) is 3.38. The zero-order valence-electron chi connectivity index (χ0n) is 18.1. The minimum atomic E-state index is -0.453. The van der Waals surface area contributed by atoms with Crippen molar-refractivity contribution in [2.24, 2.45) is 0 Å². The van der Waals surface area contributed by atoms with Crippen molar-refractivity contribution >= 4 is 22.8 Å². The highest BCUT2D eigenvalue weighted by atomic mass is 16.5. The third kappa shape index (κ3) is 5.66. The molecule has 0 radical (unpaired) electrons. The molecule has 8 heteroatoms. The molecular weight excluding hydrogens is 412 g/mol. The second-order valence-corrected chi connectivity index (χ2v) is 7.36. The van der Waals surface area contributed by atoms with E-state index in [0.29, 0.717) is 42.0 Å². The minimum absolute atomic E-state index is 0.0281. The molecule has 0 atom stereocenters. The molecule has 3 N–H and O–H groups in total. The Labute approximate surface area is 185 Å². The van der Waals surface area contributed by atoms with Crippen LogP contribution >= 0.6 is 0 Å². The number of rotatable bonds is 9. The van der Waals surface area contributed by atoms with Gasteiger partial charge in [-0.15, -0.1) is 0 Å². The first-order valence-corrected chi connectivity index (χ1v) is 10.3. The summed E-state index contributed by atoms with van der Waals surface area (Å²) in [4.78, 5) is 36.5. The number of amides is 2. The van der Waals surface area contributed by atoms with Gasteiger partial charge in [-0.25, -0.2) is 4.79 Å². The van der Waals surface area contributed by atoms with Crippen LogP contribution < -0.4 is 21.0 Å². The number of nitrogens with one attached hydrogen (secondary N) is 2. The van der Waals surface area contributed by atoms with Gasteiger partial charge in [0.25, 0.3) is 5.91 Å². The number of fused-ring (bicyclic) bond motifs is 1. The fourth-order valence-corrected chi connectivity index (χ4v) is 3.38. The first kappa shape index (κ1) is 22.9. The molecule has 1 aromatic heterocycles. The number of phenolic OH excluding ortho intramolecular Hbond substituents is 1. The number of ether oxygens (including phenoxy) is 1. The van der Waals surface area contributed by atoms with Gasteiger partial charge in [-0.05, 0) is 55.7 Å². The Morgan fingerprint density at radius 3 is 2.62 bits per heavy atom. The van der Waals surface area contributed by atoms with Gasteiger partial charge < -0.3 is 24.9 Å². The van der Waals surface area contributed by atoms with Gasteiger partial charge in [-0.2, -0.15) is 0 Å². The lowest BCUT2D eigenvalue weighted by molar-refractivity contribution is -0.121. The van der Waals surface area contributed by atoms with Crippen LogP contribution in [0.15, 0.2) is 51.7 Å². The minimum Gasteiger partial charge on any atom is -0.508 e. The summed E-state index contributed by atoms with van der Waals surface area (Å²) in [6.07, 6.45) is 0.981. The van der Waals surface area contributed by atoms with Crippen molar-refractivity contribution in [3.05, 3.63) is 69.6 Å². The van der Waals surface area contributed by atoms with Gasteiger partial charge in [-0.1, -0.05) is 6.07 Å². The molecule has 0 bridgehead atoms. The number of carbonyl (C=O) groups is 2. The highest BCUT2D eigenvalue weighted by Gasteiger charge is 2.13. The van der Waals surface area contributed by atoms with Gasteiger partial charge in [0.05, 0.1) is 7.11 Å². The third-order valence-electron chi connectivity index (χ3n) is 5.17. The van der Waals surface area contributed by atoms with E-state index in [2.05, 4.69) is 10.6 Å². The van der Waals surface area contributed by atoms with Crippen molar-refractivity contribution in [1.29, 1.82) is 0 Å². The predicted molar refractivity (Wildman–Crippen MR) is 120 cm³/mol. The van der Waals surface area contributed by atoms with Crippen LogP contribution in [0.5, 0.6) is 11.5 Å². The van der Waals surface area contributed by atoms with Crippen LogP contribution in [-0.4, -0.2) is 37.1 Å². The molecule has 0 fully saturated rings. The molecule has 0 aliphatic carbocycles. The van der Waals surface area contributed by atoms with Crippen molar-refractivity contribution < 1.29 is 23.8 Å². The van der Waals surface area contributed by atoms with Gasteiger partial charge in [0.1, 0.15) is 17.1 Å². The number of hydrogen-bond acceptors (Lipinski definition) is 6. The van der Waals surface area contributed by atoms with Crippen LogP contribution in [-0.2, 0) is 11.2 Å². The lowest BCUT2D eigenvalue weighted by atomic mass is 10.0. The molecular formula is C24H26N2O6. The summed E-state index contributed by atoms with van der Waals surface area (Å²) in [6, 6.07) is 11.4. The quantitative estimate of drug-likeness (QED) is 0.349. The van der Waals surface area contributed by atoms with Gasteiger partial charge in [0, 0.05) is 42.1 Å². The average Bonchev–Trinajstić information content (AvgIpc) is 2.78. The van der Waals surface area contributed by atoms with Gasteiger partial charge in [-0.3, -0.25) is 9.59 Å². The summed E-state index contributed by atoms with van der Waals surface area (Å²) in [5.41, 5.74) is 1.65. The Morgan fingerprint density at radius 2 is 1.88 bits per heavy atom. The summed E-state index contributed by atoms with van der Waals surface area (Å²) in [7, 11) is 1.54. The van der Waals surface area contributed by atoms with Gasteiger partial charge in [0.15, 0.2) is 0 Å². The molecule has 0 aliphatic heterocycles. The summed E-state index contributed by atoms with van der Waals surface area (Å²) in [6.45, 7) is 2.62. The van der Waals surface area contributed by atoms with E-state index < -0.39 is 5.63 Å². The zero-order valence-corrected chi connectivity index (χ0v) is 18.1. The average molecular weight is 438 g/mol. The van der Waals surface area contributed by atoms with E-state index >= 15 is 0 Å². The van der Waals surface area contributed by atoms with E-state index in [9.17, 15) is 19.5 Å². The van der Waals surface area contributed by atoms with Crippen LogP contribution in [0.3, 0.4) is 0 Å². The monoisotopic (exact) mass is 438 g/mol. The number of aromatic hydroxyl groups is 1. The summed E-state index contributed by atoms with van der Waals surface area (Å²) in [5.74, 6) is 0.159. The number of phenols is 1. The molecule has 8 nitrogen and oxygen atoms in total. The molecule has 2 aromatic carbocycles. The van der Waals surface area contributed by atoms with Crippen molar-refractivity contribution in [2.75, 3.05) is 20.2 Å². The van der Waals surface area contributed by atoms with Crippen LogP contribution in [0.25, 0.3) is 11.0 Å². The Bertz CT molecular complexity index is 1180. The number of benzene rings is 2. The van der Waals surface area contributed by atoms with E-state index in [4.69, 9.17) is 9.15 Å². The molecule has 0 aliphatic rings. The first-order chi connectivity index (χ1) is 15.4. The fraction of sp³-hybridized carbons (Fsp3) is 0.292. The Hall–Kier alpha value is -3.81. The number of methoxy groups -OCH3 is 1. The van der Waals surface area contributed by atoms with E-state index in [-0.39, 0.29) is 30.4 Å². The van der Waals surface area contributed by atoms with Gasteiger partial charge >= 0.3 is 5.63 Å². The molecule has 0 saturated heterocycles. The second-order valence-electron chi connectivity index (χ2n) is 7.36. The maximum Gasteiger partial charge on any atom is 0.339 e. The van der Waals surface area contributed by atoms with Crippen molar-refractivity contribution in [1.82, 2.24) is 10.6 Å². The maximum atomic E-state index is 12.4. The SMILES string of the molecule is COc1ccc2c(C)c(CCC(=O)NCCCNC(=O)c3cccc(O)c3)c(=O)oc2c1. The lowest BCUT2D eigenvalue weighted by Crippen LogP contribution is -2.30. The molecule has 0 saturated carbocycles. The molecule has 0 unspecified atom stereocenters. The smallest absolute Gasteiger partial charge is 0.339 e. The third-order valence-corrected chi connectivity index (χ3v) is 5.17. The molecule has 0 spiro atoms. The van der Waals surface area contributed by atoms with Crippen LogP contribution in [0.2, 0.25) is 0 Å². The Balaban J connectivity index is 1.45. The van der Waals surface area contributed by atoms with Crippen LogP contribution in [0.1, 0.15) is 34.3 Å². The number of hydrogen-bond donors (Lipinski definition) is 3. The molecule has 3 rings (SSSR count). The van der Waals surface area contributed by atoms with Crippen LogP contribution in [0, 0.1) is 6.92 Å². The van der Waals surface area contributed by atoms with Crippen LogP contribution in [0.4, 0.5) is 0 Å². The van der Waals surface area contributed by atoms with E-state index in [0.717, 1.165) is 10.9 Å². The Morgan fingerprint density at radius 1 is 1.09 bits per heavy atom. The van der Waals surface area contributed by atoms with Gasteiger partial charge in [0.2, 0.25) is 5.91 Å². The van der Waals surface area contributed by atoms with E-state index in [1.165, 1.54) is 12.1 Å². The van der Waals surface area contributed by atoms with Crippen molar-refractivity contribution in [3.63, 3.8) is 0 Å². The topological polar surface area (TPSA) is 118 Å². The maximum absolute atomic E-state index is 12.4. The molecule has 32 heavy (non-hydrogen) atoms. The zero-order chi connectivity index (χ0) is 23.1. The highest BCUT2D eigenvalue weighted by molar-refractivity contribution is 5.94. The Kier molecular flexibility index (Phi) is 7.49. The molecule has 3 aromatic rings. The molecule has 168 valence electrons.